The highest BCUT2D eigenvalue weighted by Gasteiger charge is 2.42. The molecule has 25 heavy (non-hydrogen) atoms. The number of methoxy groups -OCH3 is 1. The average molecular weight is 366 g/mol. The van der Waals surface area contributed by atoms with Gasteiger partial charge in [0.2, 0.25) is 0 Å². The van der Waals surface area contributed by atoms with Crippen molar-refractivity contribution in [3.8, 4) is 0 Å². The number of carbonyl (C=O) groups excluding carboxylic acids is 2. The molecule has 1 fully saturated rings. The Morgan fingerprint density at radius 1 is 1.32 bits per heavy atom. The molecule has 138 valence electrons. The number of halogens is 1. The lowest BCUT2D eigenvalue weighted by Crippen LogP contribution is -2.51. The Morgan fingerprint density at radius 3 is 2.68 bits per heavy atom. The van der Waals surface area contributed by atoms with Gasteiger partial charge in [-0.05, 0) is 57.7 Å². The van der Waals surface area contributed by atoms with Gasteiger partial charge in [-0.15, -0.1) is 0 Å². The van der Waals surface area contributed by atoms with Crippen molar-refractivity contribution in [3.63, 3.8) is 0 Å². The zero-order chi connectivity index (χ0) is 18.5. The molecule has 5 heteroatoms. The van der Waals surface area contributed by atoms with E-state index in [9.17, 15) is 9.59 Å². The van der Waals surface area contributed by atoms with Crippen LogP contribution in [-0.2, 0) is 19.9 Å². The standard InChI is InChI=1S/C20H28ClNO3/c1-19(2,18(24)25-3)12-8-14-22-20(13-7-6-11-17(20)23)15-9-4-5-10-16(15)21/h4-5,9-10,22H,6-8,11-14H2,1-3H3. The average Bonchev–Trinajstić information content (AvgIpc) is 2.60. The fourth-order valence-corrected chi connectivity index (χ4v) is 3.91. The third-order valence-corrected chi connectivity index (χ3v) is 5.49. The van der Waals surface area contributed by atoms with Crippen LogP contribution in [0.2, 0.25) is 5.02 Å². The van der Waals surface area contributed by atoms with Gasteiger partial charge in [-0.2, -0.15) is 0 Å². The molecule has 0 aliphatic heterocycles. The van der Waals surface area contributed by atoms with Crippen molar-refractivity contribution >= 4 is 23.4 Å². The molecule has 0 bridgehead atoms. The Hall–Kier alpha value is -1.39. The second-order valence-corrected chi connectivity index (χ2v) is 7.83. The van der Waals surface area contributed by atoms with Crippen molar-refractivity contribution in [2.45, 2.75) is 57.9 Å². The maximum Gasteiger partial charge on any atom is 0.311 e. The highest BCUT2D eigenvalue weighted by molar-refractivity contribution is 6.31. The van der Waals surface area contributed by atoms with Gasteiger partial charge in [0.15, 0.2) is 5.78 Å². The van der Waals surface area contributed by atoms with Crippen molar-refractivity contribution in [2.75, 3.05) is 13.7 Å². The zero-order valence-electron chi connectivity index (χ0n) is 15.4. The van der Waals surface area contributed by atoms with Crippen molar-refractivity contribution in [3.05, 3.63) is 34.9 Å². The molecule has 0 radical (unpaired) electrons. The van der Waals surface area contributed by atoms with Crippen molar-refractivity contribution in [1.82, 2.24) is 5.32 Å². The number of Topliss-reactive ketones (excluding diaryl/α,β-unsaturated/α-hetero) is 1. The molecule has 1 aromatic rings. The van der Waals surface area contributed by atoms with Crippen LogP contribution in [0.1, 0.15) is 57.9 Å². The number of hydrogen-bond donors (Lipinski definition) is 1. The second kappa shape index (κ2) is 8.33. The number of nitrogens with one attached hydrogen (secondary N) is 1. The number of rotatable bonds is 7. The molecule has 0 saturated heterocycles. The van der Waals surface area contributed by atoms with Crippen LogP contribution in [-0.4, -0.2) is 25.4 Å². The Balaban J connectivity index is 2.10. The van der Waals surface area contributed by atoms with Crippen LogP contribution in [0.5, 0.6) is 0 Å². The Morgan fingerprint density at radius 2 is 2.04 bits per heavy atom. The Bertz CT molecular complexity index is 629. The molecule has 2 rings (SSSR count). The van der Waals surface area contributed by atoms with Gasteiger partial charge in [0, 0.05) is 11.4 Å². The molecule has 0 heterocycles. The van der Waals surface area contributed by atoms with E-state index in [1.165, 1.54) is 7.11 Å². The van der Waals surface area contributed by atoms with Crippen LogP contribution >= 0.6 is 11.6 Å². The predicted molar refractivity (Wildman–Crippen MR) is 99.6 cm³/mol. The molecule has 0 amide bonds. The van der Waals surface area contributed by atoms with E-state index in [1.807, 2.05) is 38.1 Å². The minimum absolute atomic E-state index is 0.206. The predicted octanol–water partition coefficient (Wildman–Crippen LogP) is 4.25. The van der Waals surface area contributed by atoms with Gasteiger partial charge in [-0.3, -0.25) is 9.59 Å². The fraction of sp³-hybridized carbons (Fsp3) is 0.600. The third kappa shape index (κ3) is 4.42. The number of esters is 1. The van der Waals surface area contributed by atoms with E-state index in [1.54, 1.807) is 0 Å². The van der Waals surface area contributed by atoms with Crippen LogP contribution in [0.25, 0.3) is 0 Å². The number of carbonyl (C=O) groups is 2. The first-order chi connectivity index (χ1) is 11.8. The molecule has 1 atom stereocenters. The summed E-state index contributed by atoms with van der Waals surface area (Å²) in [4.78, 5) is 24.6. The molecule has 1 aliphatic carbocycles. The summed E-state index contributed by atoms with van der Waals surface area (Å²) in [6.45, 7) is 4.42. The maximum atomic E-state index is 12.8. The number of benzene rings is 1. The summed E-state index contributed by atoms with van der Waals surface area (Å²) in [5.41, 5.74) is -0.357. The summed E-state index contributed by atoms with van der Waals surface area (Å²) in [6.07, 6.45) is 4.74. The molecular formula is C20H28ClNO3. The summed E-state index contributed by atoms with van der Waals surface area (Å²) < 4.78 is 4.85. The van der Waals surface area contributed by atoms with Crippen LogP contribution in [0.4, 0.5) is 0 Å². The fourth-order valence-electron chi connectivity index (χ4n) is 3.61. The number of ketones is 1. The molecule has 1 unspecified atom stereocenters. The van der Waals surface area contributed by atoms with E-state index in [2.05, 4.69) is 5.32 Å². The zero-order valence-corrected chi connectivity index (χ0v) is 16.1. The van der Waals surface area contributed by atoms with Gasteiger partial charge in [0.25, 0.3) is 0 Å². The van der Waals surface area contributed by atoms with Crippen molar-refractivity contribution in [1.29, 1.82) is 0 Å². The minimum atomic E-state index is -0.702. The highest BCUT2D eigenvalue weighted by atomic mass is 35.5. The maximum absolute atomic E-state index is 12.8. The van der Waals surface area contributed by atoms with Crippen LogP contribution in [0, 0.1) is 5.41 Å². The summed E-state index contributed by atoms with van der Waals surface area (Å²) in [5.74, 6) is 0.00105. The van der Waals surface area contributed by atoms with E-state index in [-0.39, 0.29) is 11.8 Å². The normalized spacial score (nSPS) is 21.2. The molecule has 1 aliphatic rings. The lowest BCUT2D eigenvalue weighted by molar-refractivity contribution is -0.151. The first-order valence-electron chi connectivity index (χ1n) is 8.95. The van der Waals surface area contributed by atoms with Gasteiger partial charge in [0.1, 0.15) is 5.54 Å². The molecule has 1 N–H and O–H groups in total. The summed E-state index contributed by atoms with van der Waals surface area (Å²) in [5, 5.41) is 4.11. The van der Waals surface area contributed by atoms with E-state index >= 15 is 0 Å². The minimum Gasteiger partial charge on any atom is -0.469 e. The molecule has 1 aromatic carbocycles. The molecule has 1 saturated carbocycles. The summed E-state index contributed by atoms with van der Waals surface area (Å²) in [6, 6.07) is 7.58. The van der Waals surface area contributed by atoms with Crippen LogP contribution < -0.4 is 5.32 Å². The van der Waals surface area contributed by atoms with Gasteiger partial charge in [-0.1, -0.05) is 36.2 Å². The third-order valence-electron chi connectivity index (χ3n) is 5.16. The van der Waals surface area contributed by atoms with Gasteiger partial charge in [0.05, 0.1) is 12.5 Å². The quantitative estimate of drug-likeness (QED) is 0.579. The first-order valence-corrected chi connectivity index (χ1v) is 9.33. The van der Waals surface area contributed by atoms with Crippen LogP contribution in [0.3, 0.4) is 0 Å². The monoisotopic (exact) mass is 365 g/mol. The lowest BCUT2D eigenvalue weighted by Gasteiger charge is -2.38. The summed E-state index contributed by atoms with van der Waals surface area (Å²) in [7, 11) is 1.41. The highest BCUT2D eigenvalue weighted by Crippen LogP contribution is 2.38. The Labute approximate surface area is 155 Å². The molecule has 4 nitrogen and oxygen atoms in total. The van der Waals surface area contributed by atoms with E-state index in [0.717, 1.165) is 31.2 Å². The second-order valence-electron chi connectivity index (χ2n) is 7.42. The van der Waals surface area contributed by atoms with E-state index in [0.29, 0.717) is 24.4 Å². The van der Waals surface area contributed by atoms with Crippen molar-refractivity contribution in [2.24, 2.45) is 5.41 Å². The molecule has 0 spiro atoms. The van der Waals surface area contributed by atoms with E-state index < -0.39 is 11.0 Å². The first kappa shape index (κ1) is 19.9. The van der Waals surface area contributed by atoms with E-state index in [4.69, 9.17) is 16.3 Å². The van der Waals surface area contributed by atoms with Gasteiger partial charge in [-0.25, -0.2) is 0 Å². The molecule has 0 aromatic heterocycles. The smallest absolute Gasteiger partial charge is 0.311 e. The Kier molecular flexibility index (Phi) is 6.64. The topological polar surface area (TPSA) is 55.4 Å². The van der Waals surface area contributed by atoms with Gasteiger partial charge >= 0.3 is 5.97 Å². The molecular weight excluding hydrogens is 338 g/mol. The van der Waals surface area contributed by atoms with Crippen molar-refractivity contribution < 1.29 is 14.3 Å². The van der Waals surface area contributed by atoms with Crippen LogP contribution in [0.15, 0.2) is 24.3 Å². The largest absolute Gasteiger partial charge is 0.469 e. The number of hydrogen-bond acceptors (Lipinski definition) is 4. The van der Waals surface area contributed by atoms with Gasteiger partial charge < -0.3 is 10.1 Å². The SMILES string of the molecule is COC(=O)C(C)(C)CCCNC1(c2ccccc2Cl)CCCCC1=O. The lowest BCUT2D eigenvalue weighted by atomic mass is 9.75. The number of ether oxygens (including phenoxy) is 1. The summed E-state index contributed by atoms with van der Waals surface area (Å²) >= 11 is 6.40.